The van der Waals surface area contributed by atoms with Gasteiger partial charge >= 0.3 is 12.1 Å². The standard InChI is InChI=1S/C24H36N2O6/c1-16(20(30-5)19-13-10-14-26(19)23(29)32-24(2,3)4)21(27)25-18(22(28)31-6)15-17-11-8-7-9-12-17/h7-9,11-12,16,18-20H,10,13-15H2,1-6H3,(H,25,27)/t16?,18-,19?,20?/m0/s1. The largest absolute Gasteiger partial charge is 0.467 e. The molecule has 1 saturated heterocycles. The van der Waals surface area contributed by atoms with Gasteiger partial charge in [-0.15, -0.1) is 0 Å². The summed E-state index contributed by atoms with van der Waals surface area (Å²) in [5.74, 6) is -1.45. The normalized spacial score (nSPS) is 19.1. The molecule has 1 aromatic carbocycles. The average Bonchev–Trinajstić information content (AvgIpc) is 3.22. The van der Waals surface area contributed by atoms with Crippen LogP contribution in [0.15, 0.2) is 30.3 Å². The third kappa shape index (κ3) is 6.95. The molecular formula is C24H36N2O6. The van der Waals surface area contributed by atoms with Crippen LogP contribution in [0, 0.1) is 5.92 Å². The Balaban J connectivity index is 2.11. The first-order valence-electron chi connectivity index (χ1n) is 11.0. The van der Waals surface area contributed by atoms with Gasteiger partial charge in [-0.05, 0) is 39.2 Å². The molecule has 4 atom stereocenters. The van der Waals surface area contributed by atoms with E-state index in [2.05, 4.69) is 5.32 Å². The van der Waals surface area contributed by atoms with Crippen molar-refractivity contribution in [3.63, 3.8) is 0 Å². The van der Waals surface area contributed by atoms with Crippen molar-refractivity contribution in [3.8, 4) is 0 Å². The Morgan fingerprint density at radius 2 is 1.81 bits per heavy atom. The molecule has 178 valence electrons. The number of carbonyl (C=O) groups is 3. The number of nitrogens with zero attached hydrogens (tertiary/aromatic N) is 1. The van der Waals surface area contributed by atoms with Crippen LogP contribution in [0.4, 0.5) is 4.79 Å². The van der Waals surface area contributed by atoms with E-state index in [0.29, 0.717) is 19.4 Å². The van der Waals surface area contributed by atoms with E-state index in [9.17, 15) is 14.4 Å². The molecule has 1 fully saturated rings. The monoisotopic (exact) mass is 448 g/mol. The summed E-state index contributed by atoms with van der Waals surface area (Å²) < 4.78 is 16.1. The molecule has 8 heteroatoms. The molecule has 8 nitrogen and oxygen atoms in total. The maximum Gasteiger partial charge on any atom is 0.410 e. The molecule has 2 rings (SSSR count). The van der Waals surface area contributed by atoms with Gasteiger partial charge in [0.25, 0.3) is 0 Å². The molecule has 1 N–H and O–H groups in total. The van der Waals surface area contributed by atoms with E-state index >= 15 is 0 Å². The van der Waals surface area contributed by atoms with Gasteiger partial charge in [-0.3, -0.25) is 4.79 Å². The number of likely N-dealkylation sites (tertiary alicyclic amines) is 1. The van der Waals surface area contributed by atoms with Crippen LogP contribution in [-0.2, 0) is 30.2 Å². The van der Waals surface area contributed by atoms with Crippen LogP contribution in [0.25, 0.3) is 0 Å². The predicted octanol–water partition coefficient (Wildman–Crippen LogP) is 2.94. The number of hydrogen-bond acceptors (Lipinski definition) is 6. The highest BCUT2D eigenvalue weighted by molar-refractivity contribution is 5.86. The van der Waals surface area contributed by atoms with E-state index in [0.717, 1.165) is 12.0 Å². The Hall–Kier alpha value is -2.61. The maximum absolute atomic E-state index is 13.1. The zero-order chi connectivity index (χ0) is 23.9. The summed E-state index contributed by atoms with van der Waals surface area (Å²) in [6.07, 6.45) is 0.875. The topological polar surface area (TPSA) is 94.2 Å². The van der Waals surface area contributed by atoms with Gasteiger partial charge in [-0.2, -0.15) is 0 Å². The second-order valence-corrected chi connectivity index (χ2v) is 9.15. The maximum atomic E-state index is 13.1. The van der Waals surface area contributed by atoms with Crippen LogP contribution in [0.3, 0.4) is 0 Å². The number of ether oxygens (including phenoxy) is 3. The van der Waals surface area contributed by atoms with E-state index in [1.54, 1.807) is 11.8 Å². The van der Waals surface area contributed by atoms with Gasteiger partial charge in [0, 0.05) is 20.1 Å². The van der Waals surface area contributed by atoms with Crippen molar-refractivity contribution in [2.75, 3.05) is 20.8 Å². The fourth-order valence-corrected chi connectivity index (χ4v) is 4.01. The van der Waals surface area contributed by atoms with Crippen LogP contribution < -0.4 is 5.32 Å². The van der Waals surface area contributed by atoms with Crippen LogP contribution in [0.1, 0.15) is 46.1 Å². The highest BCUT2D eigenvalue weighted by Crippen LogP contribution is 2.28. The lowest BCUT2D eigenvalue weighted by molar-refractivity contribution is -0.146. The first-order valence-corrected chi connectivity index (χ1v) is 11.0. The van der Waals surface area contributed by atoms with Crippen molar-refractivity contribution in [1.82, 2.24) is 10.2 Å². The second kappa shape index (κ2) is 11.3. The molecule has 0 aliphatic carbocycles. The molecule has 0 spiro atoms. The van der Waals surface area contributed by atoms with Crippen molar-refractivity contribution in [2.45, 2.75) is 70.7 Å². The minimum atomic E-state index is -0.819. The lowest BCUT2D eigenvalue weighted by Crippen LogP contribution is -2.53. The summed E-state index contributed by atoms with van der Waals surface area (Å²) in [5, 5.41) is 2.81. The van der Waals surface area contributed by atoms with Crippen LogP contribution in [0.5, 0.6) is 0 Å². The fraction of sp³-hybridized carbons (Fsp3) is 0.625. The molecule has 0 saturated carbocycles. The number of benzene rings is 1. The molecule has 1 aliphatic rings. The highest BCUT2D eigenvalue weighted by Gasteiger charge is 2.41. The minimum Gasteiger partial charge on any atom is -0.467 e. The zero-order valence-electron chi connectivity index (χ0n) is 19.9. The first-order chi connectivity index (χ1) is 15.1. The van der Waals surface area contributed by atoms with Crippen molar-refractivity contribution in [3.05, 3.63) is 35.9 Å². The smallest absolute Gasteiger partial charge is 0.410 e. The summed E-state index contributed by atoms with van der Waals surface area (Å²) in [7, 11) is 2.83. The molecule has 32 heavy (non-hydrogen) atoms. The summed E-state index contributed by atoms with van der Waals surface area (Å²) in [6, 6.07) is 8.31. The van der Waals surface area contributed by atoms with E-state index < -0.39 is 35.7 Å². The molecular weight excluding hydrogens is 412 g/mol. The summed E-state index contributed by atoms with van der Waals surface area (Å²) in [4.78, 5) is 39.7. The van der Waals surface area contributed by atoms with Crippen LogP contribution in [-0.4, -0.2) is 67.4 Å². The Labute approximate surface area is 190 Å². The third-order valence-electron chi connectivity index (χ3n) is 5.57. The van der Waals surface area contributed by atoms with Gasteiger partial charge in [0.2, 0.25) is 5.91 Å². The number of amides is 2. The molecule has 2 amide bonds. The van der Waals surface area contributed by atoms with Crippen LogP contribution in [0.2, 0.25) is 0 Å². The summed E-state index contributed by atoms with van der Waals surface area (Å²) in [5.41, 5.74) is 0.298. The van der Waals surface area contributed by atoms with Crippen molar-refractivity contribution < 1.29 is 28.6 Å². The Bertz CT molecular complexity index is 776. The number of esters is 1. The molecule has 0 bridgehead atoms. The molecule has 0 radical (unpaired) electrons. The number of hydrogen-bond donors (Lipinski definition) is 1. The number of carbonyl (C=O) groups excluding carboxylic acids is 3. The van der Waals surface area contributed by atoms with Gasteiger partial charge in [-0.25, -0.2) is 9.59 Å². The van der Waals surface area contributed by atoms with E-state index in [1.165, 1.54) is 14.2 Å². The zero-order valence-corrected chi connectivity index (χ0v) is 19.9. The SMILES string of the molecule is COC(=O)[C@H](Cc1ccccc1)NC(=O)C(C)C(OC)C1CCCN1C(=O)OC(C)(C)C. The number of nitrogens with one attached hydrogen (secondary N) is 1. The van der Waals surface area contributed by atoms with Gasteiger partial charge in [-0.1, -0.05) is 37.3 Å². The van der Waals surface area contributed by atoms with E-state index in [4.69, 9.17) is 14.2 Å². The molecule has 1 heterocycles. The summed E-state index contributed by atoms with van der Waals surface area (Å²) >= 11 is 0. The number of methoxy groups -OCH3 is 2. The van der Waals surface area contributed by atoms with E-state index in [1.807, 2.05) is 51.1 Å². The highest BCUT2D eigenvalue weighted by atomic mass is 16.6. The summed E-state index contributed by atoms with van der Waals surface area (Å²) in [6.45, 7) is 7.75. The lowest BCUT2D eigenvalue weighted by Gasteiger charge is -2.35. The Kier molecular flexibility index (Phi) is 9.07. The minimum absolute atomic E-state index is 0.290. The quantitative estimate of drug-likeness (QED) is 0.615. The van der Waals surface area contributed by atoms with E-state index in [-0.39, 0.29) is 11.9 Å². The van der Waals surface area contributed by atoms with Crippen molar-refractivity contribution in [1.29, 1.82) is 0 Å². The molecule has 0 aromatic heterocycles. The Morgan fingerprint density at radius 3 is 2.38 bits per heavy atom. The predicted molar refractivity (Wildman–Crippen MR) is 120 cm³/mol. The van der Waals surface area contributed by atoms with Crippen molar-refractivity contribution >= 4 is 18.0 Å². The van der Waals surface area contributed by atoms with Gasteiger partial charge in [0.1, 0.15) is 11.6 Å². The molecule has 1 aliphatic heterocycles. The first kappa shape index (κ1) is 25.6. The van der Waals surface area contributed by atoms with Gasteiger partial charge < -0.3 is 24.4 Å². The second-order valence-electron chi connectivity index (χ2n) is 9.15. The number of rotatable bonds is 8. The fourth-order valence-electron chi connectivity index (χ4n) is 4.01. The Morgan fingerprint density at radius 1 is 1.16 bits per heavy atom. The lowest BCUT2D eigenvalue weighted by atomic mass is 9.94. The van der Waals surface area contributed by atoms with Gasteiger partial charge in [0.15, 0.2) is 0 Å². The van der Waals surface area contributed by atoms with Crippen molar-refractivity contribution in [2.24, 2.45) is 5.92 Å². The molecule has 3 unspecified atom stereocenters. The van der Waals surface area contributed by atoms with Gasteiger partial charge in [0.05, 0.1) is 25.2 Å². The van der Waals surface area contributed by atoms with Crippen LogP contribution >= 0.6 is 0 Å². The average molecular weight is 449 g/mol. The molecule has 1 aromatic rings. The third-order valence-corrected chi connectivity index (χ3v) is 5.57.